The van der Waals surface area contributed by atoms with E-state index in [0.29, 0.717) is 23.3 Å². The van der Waals surface area contributed by atoms with Gasteiger partial charge in [-0.1, -0.05) is 152 Å². The van der Waals surface area contributed by atoms with Crippen LogP contribution in [0.4, 0.5) is 0 Å². The Hall–Kier alpha value is -7.35. The maximum Gasteiger partial charge on any atom is 0.164 e. The first-order valence-electron chi connectivity index (χ1n) is 18.4. The third-order valence-corrected chi connectivity index (χ3v) is 11.3. The molecule has 11 rings (SSSR count). The Labute approximate surface area is 325 Å². The Morgan fingerprint density at radius 1 is 0.375 bits per heavy atom. The van der Waals surface area contributed by atoms with Gasteiger partial charge in [-0.3, -0.25) is 0 Å². The second-order valence-corrected chi connectivity index (χ2v) is 14.7. The monoisotopic (exact) mass is 735 g/mol. The van der Waals surface area contributed by atoms with E-state index in [0.717, 1.165) is 82.2 Å². The number of nitrogens with zero attached hydrogens (tertiary/aromatic N) is 5. The molecule has 0 saturated heterocycles. The van der Waals surface area contributed by atoms with E-state index < -0.39 is 0 Å². The van der Waals surface area contributed by atoms with E-state index in [1.54, 1.807) is 11.3 Å². The van der Waals surface area contributed by atoms with E-state index in [2.05, 4.69) is 97.1 Å². The molecule has 0 spiro atoms. The fourth-order valence-corrected chi connectivity index (χ4v) is 8.59. The highest BCUT2D eigenvalue weighted by Gasteiger charge is 2.19. The fraction of sp³-hybridized carbons (Fsp3) is 0. The molecule has 0 aliphatic carbocycles. The summed E-state index contributed by atoms with van der Waals surface area (Å²) in [6, 6.07) is 59.8. The van der Waals surface area contributed by atoms with Crippen LogP contribution in [0.1, 0.15) is 0 Å². The van der Waals surface area contributed by atoms with Crippen molar-refractivity contribution in [2.24, 2.45) is 0 Å². The average Bonchev–Trinajstić information content (AvgIpc) is 3.85. The summed E-state index contributed by atoms with van der Waals surface area (Å²) in [5.41, 5.74) is 10.2. The number of thiophene rings is 1. The van der Waals surface area contributed by atoms with Gasteiger partial charge in [0.1, 0.15) is 11.2 Å². The predicted octanol–water partition coefficient (Wildman–Crippen LogP) is 12.9. The Morgan fingerprint density at radius 2 is 0.929 bits per heavy atom. The minimum atomic E-state index is 0.603. The second-order valence-electron chi connectivity index (χ2n) is 13.7. The molecule has 4 aromatic heterocycles. The zero-order chi connectivity index (χ0) is 37.0. The number of hydrogen-bond donors (Lipinski definition) is 0. The summed E-state index contributed by atoms with van der Waals surface area (Å²) in [5, 5.41) is 3.21. The second kappa shape index (κ2) is 13.2. The van der Waals surface area contributed by atoms with Crippen LogP contribution in [0.2, 0.25) is 0 Å². The minimum Gasteiger partial charge on any atom is -0.455 e. The first-order valence-corrected chi connectivity index (χ1v) is 19.2. The first kappa shape index (κ1) is 32.1. The van der Waals surface area contributed by atoms with Crippen molar-refractivity contribution in [2.45, 2.75) is 0 Å². The van der Waals surface area contributed by atoms with Crippen LogP contribution in [0, 0.1) is 0 Å². The summed E-state index contributed by atoms with van der Waals surface area (Å²) in [6.45, 7) is 0. The van der Waals surface area contributed by atoms with Crippen LogP contribution < -0.4 is 0 Å². The van der Waals surface area contributed by atoms with Gasteiger partial charge in [0.25, 0.3) is 0 Å². The van der Waals surface area contributed by atoms with Crippen molar-refractivity contribution >= 4 is 53.6 Å². The molecule has 0 bridgehead atoms. The largest absolute Gasteiger partial charge is 0.455 e. The van der Waals surface area contributed by atoms with Crippen molar-refractivity contribution in [1.29, 1.82) is 0 Å². The highest BCUT2D eigenvalue weighted by atomic mass is 32.1. The van der Waals surface area contributed by atoms with Crippen molar-refractivity contribution in [3.05, 3.63) is 176 Å². The van der Waals surface area contributed by atoms with E-state index in [4.69, 9.17) is 29.3 Å². The number of aromatic nitrogens is 5. The smallest absolute Gasteiger partial charge is 0.164 e. The first-order chi connectivity index (χ1) is 27.7. The summed E-state index contributed by atoms with van der Waals surface area (Å²) in [4.78, 5) is 25.2. The van der Waals surface area contributed by atoms with Gasteiger partial charge in [-0.05, 0) is 29.8 Å². The van der Waals surface area contributed by atoms with Gasteiger partial charge >= 0.3 is 0 Å². The van der Waals surface area contributed by atoms with Gasteiger partial charge in [0.15, 0.2) is 23.3 Å². The molecule has 0 unspecified atom stereocenters. The van der Waals surface area contributed by atoms with E-state index in [1.165, 1.54) is 4.70 Å². The van der Waals surface area contributed by atoms with E-state index in [9.17, 15) is 0 Å². The van der Waals surface area contributed by atoms with Crippen LogP contribution in [0.25, 0.3) is 110 Å². The fourth-order valence-electron chi connectivity index (χ4n) is 7.44. The van der Waals surface area contributed by atoms with Crippen molar-refractivity contribution < 1.29 is 4.42 Å². The van der Waals surface area contributed by atoms with Crippen LogP contribution in [0.3, 0.4) is 0 Å². The van der Waals surface area contributed by atoms with Gasteiger partial charge in [0.05, 0.1) is 15.9 Å². The molecule has 11 aromatic rings. The maximum atomic E-state index is 6.76. The lowest BCUT2D eigenvalue weighted by Crippen LogP contribution is -2.00. The standard InChI is InChI=1S/C49H29N5OS/c1-4-14-30(15-5-1)42-45-43(39-22-10-11-25-41(39)56-45)51-48(50-42)35-26-27-37-38-24-13-23-36(44(38)55-40(37)29-35)33-20-12-21-34(28-33)49-53-46(31-16-6-2-7-17-31)52-47(54-49)32-18-8-3-9-19-32/h1-29H. The molecular formula is C49H29N5OS. The summed E-state index contributed by atoms with van der Waals surface area (Å²) >= 11 is 1.74. The topological polar surface area (TPSA) is 77.6 Å². The third kappa shape index (κ3) is 5.52. The molecule has 0 radical (unpaired) electrons. The Bertz CT molecular complexity index is 3190. The van der Waals surface area contributed by atoms with Gasteiger partial charge in [-0.15, -0.1) is 11.3 Å². The molecule has 0 aliphatic rings. The number of hydrogen-bond acceptors (Lipinski definition) is 7. The third-order valence-electron chi connectivity index (χ3n) is 10.2. The van der Waals surface area contributed by atoms with Crippen LogP contribution in [-0.2, 0) is 0 Å². The quantitative estimate of drug-likeness (QED) is 0.169. The van der Waals surface area contributed by atoms with Gasteiger partial charge in [-0.25, -0.2) is 24.9 Å². The molecule has 262 valence electrons. The predicted molar refractivity (Wildman–Crippen MR) is 228 cm³/mol. The molecule has 7 heteroatoms. The Morgan fingerprint density at radius 3 is 1.66 bits per heavy atom. The molecule has 7 aromatic carbocycles. The number of benzene rings is 7. The number of rotatable bonds is 6. The maximum absolute atomic E-state index is 6.76. The van der Waals surface area contributed by atoms with Crippen molar-refractivity contribution in [2.75, 3.05) is 0 Å². The van der Waals surface area contributed by atoms with Crippen molar-refractivity contribution in [3.8, 4) is 67.9 Å². The van der Waals surface area contributed by atoms with Gasteiger partial charge in [0.2, 0.25) is 0 Å². The van der Waals surface area contributed by atoms with Gasteiger partial charge in [0, 0.05) is 54.2 Å². The molecule has 0 atom stereocenters. The highest BCUT2D eigenvalue weighted by Crippen LogP contribution is 2.41. The summed E-state index contributed by atoms with van der Waals surface area (Å²) in [7, 11) is 0. The summed E-state index contributed by atoms with van der Waals surface area (Å²) in [5.74, 6) is 2.52. The molecule has 0 fully saturated rings. The normalized spacial score (nSPS) is 11.6. The van der Waals surface area contributed by atoms with Crippen molar-refractivity contribution in [1.82, 2.24) is 24.9 Å². The van der Waals surface area contributed by atoms with E-state index in [-0.39, 0.29) is 0 Å². The molecule has 4 heterocycles. The highest BCUT2D eigenvalue weighted by molar-refractivity contribution is 7.26. The van der Waals surface area contributed by atoms with Crippen LogP contribution >= 0.6 is 11.3 Å². The molecular weight excluding hydrogens is 707 g/mol. The number of para-hydroxylation sites is 1. The van der Waals surface area contributed by atoms with Gasteiger partial charge in [-0.2, -0.15) is 0 Å². The average molecular weight is 736 g/mol. The van der Waals surface area contributed by atoms with Crippen molar-refractivity contribution in [3.63, 3.8) is 0 Å². The molecule has 0 aliphatic heterocycles. The van der Waals surface area contributed by atoms with Crippen LogP contribution in [0.5, 0.6) is 0 Å². The van der Waals surface area contributed by atoms with E-state index >= 15 is 0 Å². The van der Waals surface area contributed by atoms with Gasteiger partial charge < -0.3 is 4.42 Å². The van der Waals surface area contributed by atoms with Crippen LogP contribution in [0.15, 0.2) is 180 Å². The molecule has 0 amide bonds. The zero-order valence-electron chi connectivity index (χ0n) is 29.8. The minimum absolute atomic E-state index is 0.603. The molecule has 56 heavy (non-hydrogen) atoms. The molecule has 0 saturated carbocycles. The zero-order valence-corrected chi connectivity index (χ0v) is 30.6. The molecule has 0 N–H and O–H groups in total. The van der Waals surface area contributed by atoms with Crippen LogP contribution in [-0.4, -0.2) is 24.9 Å². The lowest BCUT2D eigenvalue weighted by atomic mass is 10.00. The Kier molecular flexibility index (Phi) is 7.57. The lowest BCUT2D eigenvalue weighted by molar-refractivity contribution is 0.670. The lowest BCUT2D eigenvalue weighted by Gasteiger charge is -2.10. The summed E-state index contributed by atoms with van der Waals surface area (Å²) in [6.07, 6.45) is 0. The van der Waals surface area contributed by atoms with E-state index in [1.807, 2.05) is 78.9 Å². The SMILES string of the molecule is c1ccc(-c2nc(-c3ccccc3)nc(-c3cccc(-c4cccc5c4oc4cc(-c6nc(-c7ccccc7)c7sc8ccccc8c7n6)ccc45)c3)n2)cc1. The number of fused-ring (bicyclic) bond motifs is 6. The Balaban J connectivity index is 1.03. The number of furan rings is 1. The summed E-state index contributed by atoms with van der Waals surface area (Å²) < 4.78 is 9.04. The molecule has 6 nitrogen and oxygen atoms in total.